The molecule has 0 saturated carbocycles. The number of carbonyl (C=O) groups excluding carboxylic acids is 2. The van der Waals surface area contributed by atoms with E-state index in [0.717, 1.165) is 21.7 Å². The van der Waals surface area contributed by atoms with Gasteiger partial charge in [-0.25, -0.2) is 13.3 Å². The molecule has 0 unspecified atom stereocenters. The molecule has 0 saturated heterocycles. The molecule has 0 fully saturated rings. The Labute approximate surface area is 201 Å². The second-order valence-corrected chi connectivity index (χ2v) is 8.57. The van der Waals surface area contributed by atoms with E-state index in [2.05, 4.69) is 4.99 Å². The van der Waals surface area contributed by atoms with Crippen LogP contribution in [0.1, 0.15) is 28.8 Å². The normalized spacial score (nSPS) is 11.4. The molecule has 1 heterocycles. The van der Waals surface area contributed by atoms with E-state index >= 15 is 0 Å². The molecule has 33 heavy (non-hydrogen) atoms. The Bertz CT molecular complexity index is 1290. The van der Waals surface area contributed by atoms with Crippen LogP contribution in [0.25, 0.3) is 0 Å². The van der Waals surface area contributed by atoms with Gasteiger partial charge < -0.3 is 9.84 Å². The van der Waals surface area contributed by atoms with Crippen molar-refractivity contribution in [3.63, 3.8) is 0 Å². The molecule has 3 rings (SSSR count). The molecule has 1 amide bonds. The lowest BCUT2D eigenvalue weighted by atomic mass is 10.2. The average molecular weight is 510 g/mol. The van der Waals surface area contributed by atoms with Crippen LogP contribution in [0, 0.1) is 0 Å². The average Bonchev–Trinajstić information content (AvgIpc) is 3.06. The summed E-state index contributed by atoms with van der Waals surface area (Å²) in [4.78, 5) is 52.0. The topological polar surface area (TPSA) is 120 Å². The number of ether oxygens (including phenoxy) is 1. The summed E-state index contributed by atoms with van der Waals surface area (Å²) in [7, 11) is 0. The van der Waals surface area contributed by atoms with E-state index in [1.165, 1.54) is 28.2 Å². The monoisotopic (exact) mass is 509 g/mol. The summed E-state index contributed by atoms with van der Waals surface area (Å²) in [6.07, 6.45) is -0.755. The van der Waals surface area contributed by atoms with Crippen LogP contribution >= 0.6 is 34.7 Å². The summed E-state index contributed by atoms with van der Waals surface area (Å²) in [5, 5.41) is 9.69. The zero-order valence-electron chi connectivity index (χ0n) is 16.9. The maximum atomic E-state index is 12.9. The molecule has 1 N–H and O–H groups in total. The van der Waals surface area contributed by atoms with Crippen molar-refractivity contribution < 1.29 is 24.2 Å². The maximum absolute atomic E-state index is 12.9. The first-order valence-electron chi connectivity index (χ1n) is 9.50. The molecule has 12 heteroatoms. The Morgan fingerprint density at radius 3 is 2.18 bits per heavy atom. The number of carboxylic acids is 1. The number of nitrogens with zero attached hydrogens (tertiary/aromatic N) is 3. The molecule has 0 spiro atoms. The highest BCUT2D eigenvalue weighted by atomic mass is 35.5. The molecule has 1 aromatic heterocycles. The van der Waals surface area contributed by atoms with E-state index in [1.807, 2.05) is 0 Å². The number of rotatable bonds is 8. The number of amides is 1. The van der Waals surface area contributed by atoms with Gasteiger partial charge in [-0.15, -0.1) is 0 Å². The largest absolute Gasteiger partial charge is 0.481 e. The molecule has 3 aromatic rings. The van der Waals surface area contributed by atoms with Crippen molar-refractivity contribution in [1.29, 1.82) is 0 Å². The number of hydrogen-bond acceptors (Lipinski definition) is 6. The first-order chi connectivity index (χ1) is 15.7. The fourth-order valence-corrected chi connectivity index (χ4v) is 3.80. The van der Waals surface area contributed by atoms with Crippen molar-refractivity contribution in [2.24, 2.45) is 4.99 Å². The van der Waals surface area contributed by atoms with E-state index in [9.17, 15) is 19.2 Å². The van der Waals surface area contributed by atoms with Gasteiger partial charge in [-0.1, -0.05) is 35.3 Å². The van der Waals surface area contributed by atoms with Crippen LogP contribution in [-0.4, -0.2) is 31.5 Å². The summed E-state index contributed by atoms with van der Waals surface area (Å²) in [5.74, 6) is -2.56. The number of carboxylic acid groups (broad SMARTS) is 1. The smallest absolute Gasteiger partial charge is 0.342 e. The van der Waals surface area contributed by atoms with Gasteiger partial charge in [0.2, 0.25) is 4.80 Å². The number of carbonyl (C=O) groups is 3. The second kappa shape index (κ2) is 11.1. The van der Waals surface area contributed by atoms with Crippen molar-refractivity contribution >= 4 is 52.6 Å². The summed E-state index contributed by atoms with van der Waals surface area (Å²) in [6, 6.07) is 12.9. The Kier molecular flexibility index (Phi) is 8.21. The number of esters is 1. The summed E-state index contributed by atoms with van der Waals surface area (Å²) in [5.41, 5.74) is 0.488. The minimum atomic E-state index is -1.15. The number of halogens is 2. The first-order valence-corrected chi connectivity index (χ1v) is 11.0. The van der Waals surface area contributed by atoms with Crippen LogP contribution in [0.4, 0.5) is 0 Å². The highest BCUT2D eigenvalue weighted by molar-refractivity contribution is 7.03. The van der Waals surface area contributed by atoms with Crippen LogP contribution in [0.5, 0.6) is 0 Å². The van der Waals surface area contributed by atoms with Crippen LogP contribution in [0.3, 0.4) is 0 Å². The van der Waals surface area contributed by atoms with Crippen LogP contribution in [-0.2, 0) is 27.6 Å². The SMILES string of the molecule is O=C(O)CCC(=O)OCn1c(=NC(=O)c2ccc(Cl)cc2)sn(Cc2ccc(Cl)cc2)c1=O. The van der Waals surface area contributed by atoms with E-state index in [0.29, 0.717) is 10.0 Å². The van der Waals surface area contributed by atoms with Crippen LogP contribution in [0.15, 0.2) is 58.3 Å². The molecule has 0 aliphatic rings. The fraction of sp³-hybridized carbons (Fsp3) is 0.190. The van der Waals surface area contributed by atoms with E-state index in [-0.39, 0.29) is 23.3 Å². The predicted octanol–water partition coefficient (Wildman–Crippen LogP) is 3.17. The lowest BCUT2D eigenvalue weighted by molar-refractivity contribution is -0.150. The third-order valence-electron chi connectivity index (χ3n) is 4.29. The molecule has 172 valence electrons. The van der Waals surface area contributed by atoms with Crippen LogP contribution in [0.2, 0.25) is 10.0 Å². The van der Waals surface area contributed by atoms with Gasteiger partial charge in [0, 0.05) is 15.6 Å². The third kappa shape index (κ3) is 6.88. The first kappa shape index (κ1) is 24.4. The van der Waals surface area contributed by atoms with Gasteiger partial charge in [0.05, 0.1) is 19.4 Å². The molecule has 0 aliphatic carbocycles. The number of benzene rings is 2. The molecular formula is C21H17Cl2N3O6S. The quantitative estimate of drug-likeness (QED) is 0.465. The second-order valence-electron chi connectivity index (χ2n) is 6.71. The van der Waals surface area contributed by atoms with Gasteiger partial charge >= 0.3 is 17.6 Å². The Morgan fingerprint density at radius 2 is 1.58 bits per heavy atom. The van der Waals surface area contributed by atoms with Crippen molar-refractivity contribution in [2.75, 3.05) is 0 Å². The van der Waals surface area contributed by atoms with Gasteiger partial charge in [0.1, 0.15) is 0 Å². The third-order valence-corrected chi connectivity index (χ3v) is 5.78. The minimum Gasteiger partial charge on any atom is -0.481 e. The van der Waals surface area contributed by atoms with E-state index in [4.69, 9.17) is 33.0 Å². The van der Waals surface area contributed by atoms with Crippen molar-refractivity contribution in [3.05, 3.63) is 85.0 Å². The molecule has 0 bridgehead atoms. The molecular weight excluding hydrogens is 493 g/mol. The fourth-order valence-electron chi connectivity index (χ4n) is 2.61. The lowest BCUT2D eigenvalue weighted by Crippen LogP contribution is -2.32. The van der Waals surface area contributed by atoms with E-state index < -0.39 is 36.7 Å². The number of aliphatic carboxylic acids is 1. The van der Waals surface area contributed by atoms with Gasteiger partial charge in [-0.3, -0.25) is 14.4 Å². The Morgan fingerprint density at radius 1 is 0.970 bits per heavy atom. The van der Waals surface area contributed by atoms with Crippen molar-refractivity contribution in [1.82, 2.24) is 8.52 Å². The summed E-state index contributed by atoms with van der Waals surface area (Å²) in [6.45, 7) is -0.341. The van der Waals surface area contributed by atoms with Gasteiger partial charge in [0.25, 0.3) is 5.91 Å². The highest BCUT2D eigenvalue weighted by Gasteiger charge is 2.14. The Hall–Kier alpha value is -3.21. The van der Waals surface area contributed by atoms with Crippen molar-refractivity contribution in [2.45, 2.75) is 26.1 Å². The maximum Gasteiger partial charge on any atom is 0.342 e. The number of hydrogen-bond donors (Lipinski definition) is 1. The number of aromatic nitrogens is 2. The standard InChI is InChI=1S/C21H17Cl2N3O6S/c22-15-5-1-13(2-6-15)11-26-21(31)25(12-32-18(29)10-9-17(27)28)20(33-26)24-19(30)14-3-7-16(23)8-4-14/h1-8H,9-12H2,(H,27,28). The summed E-state index contributed by atoms with van der Waals surface area (Å²) < 4.78 is 7.41. The highest BCUT2D eigenvalue weighted by Crippen LogP contribution is 2.12. The minimum absolute atomic E-state index is 0.0138. The van der Waals surface area contributed by atoms with Gasteiger partial charge in [-0.2, -0.15) is 4.99 Å². The molecule has 0 radical (unpaired) electrons. The summed E-state index contributed by atoms with van der Waals surface area (Å²) >= 11 is 12.7. The molecule has 9 nitrogen and oxygen atoms in total. The zero-order chi connectivity index (χ0) is 24.0. The lowest BCUT2D eigenvalue weighted by Gasteiger charge is -2.04. The van der Waals surface area contributed by atoms with Crippen molar-refractivity contribution in [3.8, 4) is 0 Å². The van der Waals surface area contributed by atoms with E-state index in [1.54, 1.807) is 24.3 Å². The van der Waals surface area contributed by atoms with Gasteiger partial charge in [-0.05, 0) is 53.5 Å². The molecule has 2 aromatic carbocycles. The Balaban J connectivity index is 1.92. The molecule has 0 aliphatic heterocycles. The predicted molar refractivity (Wildman–Crippen MR) is 121 cm³/mol. The molecule has 0 atom stereocenters. The van der Waals surface area contributed by atoms with Gasteiger partial charge in [0.15, 0.2) is 6.73 Å². The zero-order valence-corrected chi connectivity index (χ0v) is 19.3. The van der Waals surface area contributed by atoms with Crippen LogP contribution < -0.4 is 10.5 Å².